The van der Waals surface area contributed by atoms with E-state index >= 15 is 0 Å². The molecule has 0 fully saturated rings. The maximum atomic E-state index is 12.1. The zero-order chi connectivity index (χ0) is 13.6. The smallest absolute Gasteiger partial charge is 0.250 e. The lowest BCUT2D eigenvalue weighted by Gasteiger charge is -2.05. The molecule has 0 radical (unpaired) electrons. The summed E-state index contributed by atoms with van der Waals surface area (Å²) in [4.78, 5) is 1.52. The molecule has 0 saturated carbocycles. The van der Waals surface area contributed by atoms with E-state index in [0.717, 1.165) is 10.9 Å². The van der Waals surface area contributed by atoms with Crippen molar-refractivity contribution in [3.8, 4) is 17.2 Å². The standard InChI is InChI=1S/C12H8ClN3O3/c13-7-1-3-9-11(5-7)16(19)15(14-9)10-4-2-8(17)6-12(10)18/h1-6,17-18H. The van der Waals surface area contributed by atoms with Crippen LogP contribution >= 0.6 is 11.6 Å². The summed E-state index contributed by atoms with van der Waals surface area (Å²) in [7, 11) is 0. The first kappa shape index (κ1) is 11.6. The molecule has 7 heteroatoms. The first-order chi connectivity index (χ1) is 9.06. The van der Waals surface area contributed by atoms with E-state index < -0.39 is 0 Å². The fraction of sp³-hybridized carbons (Fsp3) is 0. The summed E-state index contributed by atoms with van der Waals surface area (Å²) >= 11 is 5.83. The zero-order valence-corrected chi connectivity index (χ0v) is 10.2. The maximum absolute atomic E-state index is 12.1. The van der Waals surface area contributed by atoms with E-state index in [9.17, 15) is 15.4 Å². The topological polar surface area (TPSA) is 85.2 Å². The van der Waals surface area contributed by atoms with Crippen LogP contribution in [0.2, 0.25) is 5.02 Å². The summed E-state index contributed by atoms with van der Waals surface area (Å²) in [5.74, 6) is -0.345. The Balaban J connectivity index is 2.28. The number of phenolic OH excluding ortho intramolecular Hbond substituents is 2. The van der Waals surface area contributed by atoms with Gasteiger partial charge in [-0.1, -0.05) is 11.6 Å². The number of rotatable bonds is 1. The second kappa shape index (κ2) is 4.03. The van der Waals surface area contributed by atoms with Crippen LogP contribution in [0.1, 0.15) is 0 Å². The highest BCUT2D eigenvalue weighted by Gasteiger charge is 2.19. The van der Waals surface area contributed by atoms with Crippen LogP contribution in [0.25, 0.3) is 16.7 Å². The molecule has 2 N–H and O–H groups in total. The monoisotopic (exact) mass is 277 g/mol. The van der Waals surface area contributed by atoms with Gasteiger partial charge < -0.3 is 15.4 Å². The second-order valence-corrected chi connectivity index (χ2v) is 4.40. The van der Waals surface area contributed by atoms with Gasteiger partial charge >= 0.3 is 0 Å². The number of aromatic nitrogens is 3. The molecule has 1 heterocycles. The molecule has 19 heavy (non-hydrogen) atoms. The van der Waals surface area contributed by atoms with Crippen LogP contribution in [0.4, 0.5) is 0 Å². The molecule has 0 saturated heterocycles. The molecule has 2 aromatic carbocycles. The lowest BCUT2D eigenvalue weighted by atomic mass is 10.3. The van der Waals surface area contributed by atoms with Crippen LogP contribution < -0.4 is 4.85 Å². The van der Waals surface area contributed by atoms with Crippen molar-refractivity contribution in [2.45, 2.75) is 0 Å². The Morgan fingerprint density at radius 2 is 1.95 bits per heavy atom. The SMILES string of the molecule is [O-][n+]1c2cc(Cl)ccc2nn1-c1ccc(O)cc1O. The van der Waals surface area contributed by atoms with Crippen LogP contribution in [-0.2, 0) is 0 Å². The fourth-order valence-electron chi connectivity index (χ4n) is 1.81. The Labute approximate surface area is 112 Å². The molecule has 0 bridgehead atoms. The minimum absolute atomic E-state index is 0.0987. The van der Waals surface area contributed by atoms with Crippen LogP contribution in [0.15, 0.2) is 36.4 Å². The van der Waals surface area contributed by atoms with Gasteiger partial charge in [-0.25, -0.2) is 0 Å². The number of hydrogen-bond donors (Lipinski definition) is 2. The molecule has 0 amide bonds. The van der Waals surface area contributed by atoms with Gasteiger partial charge in [0.15, 0.2) is 11.4 Å². The highest BCUT2D eigenvalue weighted by Crippen LogP contribution is 2.25. The predicted molar refractivity (Wildman–Crippen MR) is 68.4 cm³/mol. The van der Waals surface area contributed by atoms with Gasteiger partial charge in [0.2, 0.25) is 11.0 Å². The van der Waals surface area contributed by atoms with E-state index in [0.29, 0.717) is 20.9 Å². The van der Waals surface area contributed by atoms with E-state index in [1.807, 2.05) is 0 Å². The van der Waals surface area contributed by atoms with E-state index in [2.05, 4.69) is 5.10 Å². The summed E-state index contributed by atoms with van der Waals surface area (Å²) in [6, 6.07) is 8.61. The predicted octanol–water partition coefficient (Wildman–Crippen LogP) is 1.72. The number of hydrogen-bond acceptors (Lipinski definition) is 4. The number of nitrogens with zero attached hydrogens (tertiary/aromatic N) is 3. The van der Waals surface area contributed by atoms with Crippen molar-refractivity contribution in [3.05, 3.63) is 46.6 Å². The number of halogens is 1. The molecule has 6 nitrogen and oxygen atoms in total. The van der Waals surface area contributed by atoms with E-state index in [1.54, 1.807) is 12.1 Å². The van der Waals surface area contributed by atoms with Gasteiger partial charge in [-0.05, 0) is 29.1 Å². The first-order valence-corrected chi connectivity index (χ1v) is 5.74. The zero-order valence-electron chi connectivity index (χ0n) is 9.49. The molecule has 3 aromatic rings. The van der Waals surface area contributed by atoms with Crippen molar-refractivity contribution >= 4 is 22.6 Å². The van der Waals surface area contributed by atoms with Gasteiger partial charge in [0.1, 0.15) is 5.75 Å². The van der Waals surface area contributed by atoms with E-state index in [1.165, 1.54) is 18.2 Å². The minimum Gasteiger partial charge on any atom is -0.692 e. The minimum atomic E-state index is -0.247. The Morgan fingerprint density at radius 1 is 1.16 bits per heavy atom. The van der Waals surface area contributed by atoms with Gasteiger partial charge in [0.05, 0.1) is 5.10 Å². The summed E-state index contributed by atoms with van der Waals surface area (Å²) in [5, 5.41) is 35.6. The second-order valence-electron chi connectivity index (χ2n) is 3.97. The summed E-state index contributed by atoms with van der Waals surface area (Å²) in [5.41, 5.74) is 0.909. The van der Waals surface area contributed by atoms with Crippen molar-refractivity contribution in [1.82, 2.24) is 9.90 Å². The van der Waals surface area contributed by atoms with Gasteiger partial charge in [-0.2, -0.15) is 0 Å². The highest BCUT2D eigenvalue weighted by atomic mass is 35.5. The fourth-order valence-corrected chi connectivity index (χ4v) is 1.98. The summed E-state index contributed by atoms with van der Waals surface area (Å²) in [6.45, 7) is 0. The van der Waals surface area contributed by atoms with Crippen molar-refractivity contribution in [1.29, 1.82) is 0 Å². The van der Waals surface area contributed by atoms with Crippen molar-refractivity contribution in [2.75, 3.05) is 0 Å². The highest BCUT2D eigenvalue weighted by molar-refractivity contribution is 6.31. The van der Waals surface area contributed by atoms with Crippen LogP contribution in [-0.4, -0.2) is 20.1 Å². The molecule has 1 aromatic heterocycles. The molecular weight excluding hydrogens is 270 g/mol. The third-order valence-electron chi connectivity index (χ3n) is 2.69. The van der Waals surface area contributed by atoms with Crippen LogP contribution in [0.3, 0.4) is 0 Å². The Bertz CT molecular complexity index is 785. The van der Waals surface area contributed by atoms with E-state index in [-0.39, 0.29) is 17.2 Å². The summed E-state index contributed by atoms with van der Waals surface area (Å²) in [6.07, 6.45) is 0. The number of phenols is 2. The average Bonchev–Trinajstić information content (AvgIpc) is 2.67. The molecule has 0 aliphatic rings. The lowest BCUT2D eigenvalue weighted by Crippen LogP contribution is -2.37. The molecule has 0 aliphatic heterocycles. The third-order valence-corrected chi connectivity index (χ3v) is 2.93. The van der Waals surface area contributed by atoms with Gasteiger partial charge in [0, 0.05) is 17.2 Å². The number of benzene rings is 2. The Morgan fingerprint density at radius 3 is 2.68 bits per heavy atom. The lowest BCUT2D eigenvalue weighted by molar-refractivity contribution is -0.664. The average molecular weight is 278 g/mol. The van der Waals surface area contributed by atoms with Crippen molar-refractivity contribution < 1.29 is 15.1 Å². The number of aromatic hydroxyl groups is 2. The largest absolute Gasteiger partial charge is 0.692 e. The van der Waals surface area contributed by atoms with Crippen molar-refractivity contribution in [2.24, 2.45) is 0 Å². The first-order valence-electron chi connectivity index (χ1n) is 5.37. The van der Waals surface area contributed by atoms with E-state index in [4.69, 9.17) is 11.6 Å². The van der Waals surface area contributed by atoms with Crippen molar-refractivity contribution in [3.63, 3.8) is 0 Å². The van der Waals surface area contributed by atoms with Crippen LogP contribution in [0.5, 0.6) is 11.5 Å². The molecule has 0 spiro atoms. The number of fused-ring (bicyclic) bond motifs is 1. The molecule has 0 unspecified atom stereocenters. The molecule has 0 aliphatic carbocycles. The molecule has 3 rings (SSSR count). The normalized spacial score (nSPS) is 11.0. The molecule has 0 atom stereocenters. The maximum Gasteiger partial charge on any atom is 0.250 e. The Kier molecular flexibility index (Phi) is 2.46. The van der Waals surface area contributed by atoms with Gasteiger partial charge in [-0.15, -0.1) is 4.85 Å². The molecule has 96 valence electrons. The summed E-state index contributed by atoms with van der Waals surface area (Å²) < 4.78 is 0. The van der Waals surface area contributed by atoms with Crippen LogP contribution in [0, 0.1) is 5.21 Å². The van der Waals surface area contributed by atoms with Gasteiger partial charge in [0.25, 0.3) is 0 Å². The molecular formula is C12H8ClN3O3. The quantitative estimate of drug-likeness (QED) is 0.524. The Hall–Kier alpha value is -2.47. The van der Waals surface area contributed by atoms with Gasteiger partial charge in [-0.3, -0.25) is 0 Å². The third kappa shape index (κ3) is 1.82.